The molecule has 10 heteroatoms. The molecule has 3 fully saturated rings. The topological polar surface area (TPSA) is 133 Å². The number of aromatic nitrogens is 1. The molecule has 6 rings (SSSR count). The van der Waals surface area contributed by atoms with Crippen LogP contribution in [-0.4, -0.2) is 57.4 Å². The Labute approximate surface area is 199 Å². The first kappa shape index (κ1) is 20.6. The van der Waals surface area contributed by atoms with Crippen LogP contribution in [0.15, 0.2) is 54.7 Å². The van der Waals surface area contributed by atoms with Crippen LogP contribution in [0.3, 0.4) is 0 Å². The number of rotatable bonds is 2. The van der Waals surface area contributed by atoms with Gasteiger partial charge in [0, 0.05) is 23.8 Å². The minimum Gasteiger partial charge on any atom is -0.317 e. The molecule has 35 heavy (non-hydrogen) atoms. The van der Waals surface area contributed by atoms with E-state index in [1.54, 1.807) is 64.5 Å². The maximum atomic E-state index is 13.6. The van der Waals surface area contributed by atoms with Crippen LogP contribution in [-0.2, 0) is 4.79 Å². The third-order valence-electron chi connectivity index (χ3n) is 6.90. The van der Waals surface area contributed by atoms with Gasteiger partial charge in [-0.15, -0.1) is 0 Å². The van der Waals surface area contributed by atoms with Gasteiger partial charge in [0.1, 0.15) is 12.1 Å². The van der Waals surface area contributed by atoms with Crippen molar-refractivity contribution in [2.45, 2.75) is 24.5 Å². The number of carbonyl (C=O) groups excluding carboxylic acids is 3. The molecule has 0 radical (unpaired) electrons. The summed E-state index contributed by atoms with van der Waals surface area (Å²) in [6.07, 6.45) is 2.09. The number of likely N-dealkylation sites (tertiary alicyclic amines) is 1. The highest BCUT2D eigenvalue weighted by atomic mass is 16.2. The molecule has 3 aliphatic rings. The van der Waals surface area contributed by atoms with E-state index < -0.39 is 24.0 Å². The fourth-order valence-corrected chi connectivity index (χ4v) is 5.38. The van der Waals surface area contributed by atoms with Crippen LogP contribution in [0.25, 0.3) is 10.9 Å². The summed E-state index contributed by atoms with van der Waals surface area (Å²) in [4.78, 5) is 48.6. The molecule has 4 heterocycles. The van der Waals surface area contributed by atoms with Gasteiger partial charge in [0.25, 0.3) is 5.91 Å². The van der Waals surface area contributed by atoms with Gasteiger partial charge in [0.2, 0.25) is 0 Å². The maximum Gasteiger partial charge on any atom is 0.332 e. The van der Waals surface area contributed by atoms with E-state index in [0.29, 0.717) is 46.4 Å². The minimum atomic E-state index is -0.768. The molecular formula is C25H17N7O3. The first-order chi connectivity index (χ1) is 17.0. The van der Waals surface area contributed by atoms with E-state index in [0.717, 1.165) is 4.90 Å². The zero-order valence-electron chi connectivity index (χ0n) is 18.3. The van der Waals surface area contributed by atoms with Crippen molar-refractivity contribution in [1.29, 1.82) is 10.5 Å². The van der Waals surface area contributed by atoms with Crippen LogP contribution in [0.1, 0.15) is 17.5 Å². The summed E-state index contributed by atoms with van der Waals surface area (Å²) in [7, 11) is 0. The maximum absolute atomic E-state index is 13.6. The van der Waals surface area contributed by atoms with E-state index in [9.17, 15) is 19.6 Å². The molecule has 3 atom stereocenters. The van der Waals surface area contributed by atoms with Crippen molar-refractivity contribution in [2.24, 2.45) is 0 Å². The highest BCUT2D eigenvalue weighted by Crippen LogP contribution is 2.43. The van der Waals surface area contributed by atoms with E-state index in [2.05, 4.69) is 16.4 Å². The highest BCUT2D eigenvalue weighted by molar-refractivity contribution is 6.25. The smallest absolute Gasteiger partial charge is 0.317 e. The summed E-state index contributed by atoms with van der Waals surface area (Å²) in [6, 6.07) is 15.0. The second-order valence-electron chi connectivity index (χ2n) is 8.68. The van der Waals surface area contributed by atoms with Crippen molar-refractivity contribution in [3.63, 3.8) is 0 Å². The van der Waals surface area contributed by atoms with E-state index >= 15 is 0 Å². The van der Waals surface area contributed by atoms with Gasteiger partial charge in [0.05, 0.1) is 40.5 Å². The number of carbonyl (C=O) groups is 3. The van der Waals surface area contributed by atoms with Crippen molar-refractivity contribution >= 4 is 40.2 Å². The van der Waals surface area contributed by atoms with E-state index in [1.165, 1.54) is 0 Å². The number of piperazine rings is 1. The van der Waals surface area contributed by atoms with Crippen molar-refractivity contribution < 1.29 is 14.4 Å². The number of nitrogens with zero attached hydrogens (tertiary/aromatic N) is 6. The number of anilines is 2. The normalized spacial score (nSPS) is 22.3. The number of nitrogens with one attached hydrogen (secondary N) is 1. The van der Waals surface area contributed by atoms with Crippen LogP contribution in [0.4, 0.5) is 21.0 Å². The summed E-state index contributed by atoms with van der Waals surface area (Å²) in [5.74, 6) is -0.395. The fourth-order valence-electron chi connectivity index (χ4n) is 5.38. The Morgan fingerprint density at radius 2 is 1.86 bits per heavy atom. The third-order valence-corrected chi connectivity index (χ3v) is 6.90. The number of fused-ring (bicyclic) bond motifs is 6. The molecule has 0 spiro atoms. The third kappa shape index (κ3) is 2.94. The summed E-state index contributed by atoms with van der Waals surface area (Å²) >= 11 is 0. The molecule has 2 aromatic carbocycles. The molecule has 10 nitrogen and oxygen atoms in total. The predicted octanol–water partition coefficient (Wildman–Crippen LogP) is 2.80. The fraction of sp³-hybridized carbons (Fsp3) is 0.200. The molecule has 0 aliphatic carbocycles. The monoisotopic (exact) mass is 463 g/mol. The number of hydrogen-bond donors (Lipinski definition) is 1. The van der Waals surface area contributed by atoms with Crippen LogP contribution >= 0.6 is 0 Å². The zero-order valence-corrected chi connectivity index (χ0v) is 18.3. The molecule has 1 aromatic heterocycles. The number of amides is 5. The molecule has 170 valence electrons. The molecular weight excluding hydrogens is 446 g/mol. The number of pyridine rings is 1. The summed E-state index contributed by atoms with van der Waals surface area (Å²) in [5.41, 5.74) is 2.19. The van der Waals surface area contributed by atoms with E-state index in [4.69, 9.17) is 5.26 Å². The summed E-state index contributed by atoms with van der Waals surface area (Å²) < 4.78 is 0. The number of benzene rings is 2. The zero-order chi connectivity index (χ0) is 24.3. The van der Waals surface area contributed by atoms with Crippen LogP contribution < -0.4 is 10.2 Å². The number of nitriles is 2. The van der Waals surface area contributed by atoms with E-state index in [-0.39, 0.29) is 12.1 Å². The SMILES string of the molecule is N#Cc1ccc(NC(=O)N2CC3CC2C2C(=O)N(c4ccc(C#N)c5ncccc45)C(=O)N32)cc1. The van der Waals surface area contributed by atoms with Crippen LogP contribution in [0.2, 0.25) is 0 Å². The lowest BCUT2D eigenvalue weighted by atomic mass is 10.1. The van der Waals surface area contributed by atoms with Crippen molar-refractivity contribution in [1.82, 2.24) is 14.8 Å². The molecule has 2 bridgehead atoms. The average molecular weight is 463 g/mol. The van der Waals surface area contributed by atoms with Gasteiger partial charge < -0.3 is 15.1 Å². The predicted molar refractivity (Wildman–Crippen MR) is 124 cm³/mol. The largest absolute Gasteiger partial charge is 0.332 e. The van der Waals surface area contributed by atoms with Gasteiger partial charge >= 0.3 is 12.1 Å². The first-order valence-electron chi connectivity index (χ1n) is 11.0. The Kier molecular flexibility index (Phi) is 4.44. The van der Waals surface area contributed by atoms with Crippen LogP contribution in [0.5, 0.6) is 0 Å². The van der Waals surface area contributed by atoms with Gasteiger partial charge in [-0.3, -0.25) is 9.78 Å². The molecule has 0 saturated carbocycles. The quantitative estimate of drug-likeness (QED) is 0.581. The summed E-state index contributed by atoms with van der Waals surface area (Å²) in [5, 5.41) is 21.7. The highest BCUT2D eigenvalue weighted by Gasteiger charge is 2.63. The number of urea groups is 2. The van der Waals surface area contributed by atoms with Crippen molar-refractivity contribution in [3.8, 4) is 12.1 Å². The van der Waals surface area contributed by atoms with Gasteiger partial charge in [-0.1, -0.05) is 0 Å². The molecule has 5 amide bonds. The molecule has 3 saturated heterocycles. The lowest BCUT2D eigenvalue weighted by molar-refractivity contribution is -0.120. The van der Waals surface area contributed by atoms with Gasteiger partial charge in [-0.05, 0) is 55.0 Å². The molecule has 3 unspecified atom stereocenters. The number of hydrogen-bond acceptors (Lipinski definition) is 6. The summed E-state index contributed by atoms with van der Waals surface area (Å²) in [6.45, 7) is 0.325. The second-order valence-corrected chi connectivity index (χ2v) is 8.68. The second kappa shape index (κ2) is 7.54. The molecule has 3 aromatic rings. The van der Waals surface area contributed by atoms with Gasteiger partial charge in [-0.25, -0.2) is 14.5 Å². The average Bonchev–Trinajstić information content (AvgIpc) is 3.55. The Hall–Kier alpha value is -4.96. The Morgan fingerprint density at radius 3 is 2.60 bits per heavy atom. The Morgan fingerprint density at radius 1 is 1.06 bits per heavy atom. The van der Waals surface area contributed by atoms with Gasteiger partial charge in [0.15, 0.2) is 0 Å². The minimum absolute atomic E-state index is 0.263. The van der Waals surface area contributed by atoms with Crippen molar-refractivity contribution in [2.75, 3.05) is 16.8 Å². The standard InChI is InChI=1S/C25H17N7O3/c26-11-14-3-6-16(7-4-14)29-24(34)30-13-17-10-20(30)22-23(33)32(25(35)31(17)22)19-8-5-15(12-27)21-18(19)2-1-9-28-21/h1-9,17,20,22H,10,13H2,(H,29,34). The number of imide groups is 1. The first-order valence-corrected chi connectivity index (χ1v) is 11.0. The van der Waals surface area contributed by atoms with Crippen molar-refractivity contribution in [3.05, 3.63) is 65.9 Å². The van der Waals surface area contributed by atoms with Gasteiger partial charge in [-0.2, -0.15) is 10.5 Å². The van der Waals surface area contributed by atoms with E-state index in [1.807, 2.05) is 6.07 Å². The molecule has 3 aliphatic heterocycles. The Bertz CT molecular complexity index is 1500. The lowest BCUT2D eigenvalue weighted by Gasteiger charge is -2.34. The lowest BCUT2D eigenvalue weighted by Crippen LogP contribution is -2.55. The van der Waals surface area contributed by atoms with Crippen LogP contribution in [0, 0.1) is 22.7 Å². The Balaban J connectivity index is 1.29. The molecule has 1 N–H and O–H groups in total.